The van der Waals surface area contributed by atoms with E-state index >= 15 is 0 Å². The molecule has 0 saturated carbocycles. The van der Waals surface area contributed by atoms with Crippen LogP contribution in [0.15, 0.2) is 16.6 Å². The molecule has 0 bridgehead atoms. The Hall–Kier alpha value is -1.76. The van der Waals surface area contributed by atoms with E-state index in [-0.39, 0.29) is 19.2 Å². The predicted molar refractivity (Wildman–Crippen MR) is 74.0 cm³/mol. The van der Waals surface area contributed by atoms with Crippen LogP contribution < -0.4 is 14.8 Å². The Labute approximate surface area is 124 Å². The maximum atomic E-state index is 12.0. The Morgan fingerprint density at radius 1 is 1.40 bits per heavy atom. The van der Waals surface area contributed by atoms with Crippen LogP contribution in [0.4, 0.5) is 0 Å². The van der Waals surface area contributed by atoms with Crippen LogP contribution in [0.25, 0.3) is 0 Å². The number of carbonyl (C=O) groups excluding carboxylic acids is 1. The smallest absolute Gasteiger partial charge is 0.310 e. The number of carboxylic acid groups (broad SMARTS) is 1. The van der Waals surface area contributed by atoms with Crippen molar-refractivity contribution in [3.8, 4) is 11.5 Å². The molecule has 1 aromatic carbocycles. The van der Waals surface area contributed by atoms with Gasteiger partial charge in [-0.15, -0.1) is 0 Å². The fourth-order valence-electron chi connectivity index (χ4n) is 1.58. The minimum absolute atomic E-state index is 0.0349. The van der Waals surface area contributed by atoms with Crippen molar-refractivity contribution in [3.05, 3.63) is 22.2 Å². The lowest BCUT2D eigenvalue weighted by Gasteiger charge is -2.19. The first kappa shape index (κ1) is 14.6. The number of hydrogen-bond donors (Lipinski definition) is 2. The van der Waals surface area contributed by atoms with Crippen molar-refractivity contribution < 1.29 is 24.2 Å². The van der Waals surface area contributed by atoms with Gasteiger partial charge in [0.15, 0.2) is 11.5 Å². The van der Waals surface area contributed by atoms with Gasteiger partial charge in [0.25, 0.3) is 5.91 Å². The molecule has 0 fully saturated rings. The third-order valence-electron chi connectivity index (χ3n) is 2.96. The number of carbonyl (C=O) groups is 2. The highest BCUT2D eigenvalue weighted by molar-refractivity contribution is 9.10. The van der Waals surface area contributed by atoms with Crippen molar-refractivity contribution >= 4 is 27.8 Å². The topological polar surface area (TPSA) is 84.9 Å². The zero-order valence-electron chi connectivity index (χ0n) is 11.0. The zero-order chi connectivity index (χ0) is 14.9. The Kier molecular flexibility index (Phi) is 3.89. The highest BCUT2D eigenvalue weighted by atomic mass is 79.9. The molecule has 1 aliphatic rings. The minimum Gasteiger partial charge on any atom is -0.481 e. The fraction of sp³-hybridized carbons (Fsp3) is 0.385. The highest BCUT2D eigenvalue weighted by Gasteiger charge is 2.28. The third-order valence-corrected chi connectivity index (χ3v) is 3.55. The summed E-state index contributed by atoms with van der Waals surface area (Å²) >= 11 is 3.30. The summed E-state index contributed by atoms with van der Waals surface area (Å²) < 4.78 is 11.1. The van der Waals surface area contributed by atoms with Gasteiger partial charge in [0.05, 0.1) is 9.89 Å². The summed E-state index contributed by atoms with van der Waals surface area (Å²) in [5.74, 6) is -0.280. The molecule has 6 nitrogen and oxygen atoms in total. The van der Waals surface area contributed by atoms with E-state index in [0.29, 0.717) is 21.5 Å². The second kappa shape index (κ2) is 5.32. The van der Waals surface area contributed by atoms with E-state index in [4.69, 9.17) is 14.6 Å². The van der Waals surface area contributed by atoms with Gasteiger partial charge in [-0.3, -0.25) is 9.59 Å². The van der Waals surface area contributed by atoms with E-state index < -0.39 is 11.4 Å². The highest BCUT2D eigenvalue weighted by Crippen LogP contribution is 2.39. The Balaban J connectivity index is 2.11. The number of halogens is 1. The van der Waals surface area contributed by atoms with Gasteiger partial charge in [-0.1, -0.05) is 0 Å². The summed E-state index contributed by atoms with van der Waals surface area (Å²) in [6.07, 6.45) is 0. The second-order valence-corrected chi connectivity index (χ2v) is 5.92. The molecule has 1 aromatic rings. The van der Waals surface area contributed by atoms with Crippen molar-refractivity contribution in [2.45, 2.75) is 13.8 Å². The van der Waals surface area contributed by atoms with Crippen molar-refractivity contribution in [2.24, 2.45) is 5.41 Å². The molecule has 20 heavy (non-hydrogen) atoms. The van der Waals surface area contributed by atoms with E-state index in [2.05, 4.69) is 21.2 Å². The van der Waals surface area contributed by atoms with Crippen LogP contribution in [0.1, 0.15) is 24.2 Å². The molecule has 0 saturated heterocycles. The van der Waals surface area contributed by atoms with Crippen molar-refractivity contribution in [2.75, 3.05) is 13.3 Å². The monoisotopic (exact) mass is 343 g/mol. The average molecular weight is 344 g/mol. The number of fused-ring (bicyclic) bond motifs is 1. The number of carboxylic acids is 1. The number of aliphatic carboxylic acids is 1. The molecule has 0 spiro atoms. The van der Waals surface area contributed by atoms with Gasteiger partial charge in [-0.05, 0) is 41.9 Å². The van der Waals surface area contributed by atoms with Crippen LogP contribution in [0, 0.1) is 5.41 Å². The van der Waals surface area contributed by atoms with Crippen LogP contribution in [0.2, 0.25) is 0 Å². The second-order valence-electron chi connectivity index (χ2n) is 5.06. The SMILES string of the molecule is CC(C)(CNC(=O)c1cc(Br)c2c(c1)OCO2)C(=O)O. The minimum atomic E-state index is -1.02. The summed E-state index contributed by atoms with van der Waals surface area (Å²) in [4.78, 5) is 23.0. The van der Waals surface area contributed by atoms with E-state index in [1.807, 2.05) is 0 Å². The normalized spacial score (nSPS) is 13.2. The number of benzene rings is 1. The van der Waals surface area contributed by atoms with Crippen LogP contribution in [0.3, 0.4) is 0 Å². The summed E-state index contributed by atoms with van der Waals surface area (Å²) in [5.41, 5.74) is -0.647. The lowest BCUT2D eigenvalue weighted by atomic mass is 9.94. The molecule has 7 heteroatoms. The summed E-state index contributed by atoms with van der Waals surface area (Å²) in [6, 6.07) is 3.17. The lowest BCUT2D eigenvalue weighted by Crippen LogP contribution is -2.38. The van der Waals surface area contributed by atoms with E-state index in [1.54, 1.807) is 26.0 Å². The van der Waals surface area contributed by atoms with Crippen molar-refractivity contribution in [1.29, 1.82) is 0 Å². The first-order chi connectivity index (χ1) is 9.31. The van der Waals surface area contributed by atoms with Crippen molar-refractivity contribution in [3.63, 3.8) is 0 Å². The Morgan fingerprint density at radius 3 is 2.75 bits per heavy atom. The van der Waals surface area contributed by atoms with Gasteiger partial charge in [-0.25, -0.2) is 0 Å². The van der Waals surface area contributed by atoms with Crippen LogP contribution in [-0.2, 0) is 4.79 Å². The summed E-state index contributed by atoms with van der Waals surface area (Å²) in [7, 11) is 0. The molecule has 0 atom stereocenters. The molecule has 0 unspecified atom stereocenters. The number of hydrogen-bond acceptors (Lipinski definition) is 4. The van der Waals surface area contributed by atoms with Crippen LogP contribution in [-0.4, -0.2) is 30.3 Å². The van der Waals surface area contributed by atoms with Gasteiger partial charge < -0.3 is 19.9 Å². The molecule has 1 amide bonds. The third kappa shape index (κ3) is 2.87. The van der Waals surface area contributed by atoms with E-state index in [9.17, 15) is 9.59 Å². The molecule has 108 valence electrons. The van der Waals surface area contributed by atoms with Gasteiger partial charge >= 0.3 is 5.97 Å². The first-order valence-corrected chi connectivity index (χ1v) is 6.71. The first-order valence-electron chi connectivity index (χ1n) is 5.92. The Morgan fingerprint density at radius 2 is 2.10 bits per heavy atom. The van der Waals surface area contributed by atoms with Gasteiger partial charge in [-0.2, -0.15) is 0 Å². The van der Waals surface area contributed by atoms with Gasteiger partial charge in [0.2, 0.25) is 6.79 Å². The van der Waals surface area contributed by atoms with Gasteiger partial charge in [0.1, 0.15) is 0 Å². The Bertz CT molecular complexity index is 570. The number of amides is 1. The molecule has 2 N–H and O–H groups in total. The standard InChI is InChI=1S/C13H14BrNO5/c1-13(2,12(17)18)5-15-11(16)7-3-8(14)10-9(4-7)19-6-20-10/h3-4H,5-6H2,1-2H3,(H,15,16)(H,17,18). The lowest BCUT2D eigenvalue weighted by molar-refractivity contribution is -0.146. The van der Waals surface area contributed by atoms with Crippen LogP contribution in [0.5, 0.6) is 11.5 Å². The number of nitrogens with one attached hydrogen (secondary N) is 1. The number of ether oxygens (including phenoxy) is 2. The van der Waals surface area contributed by atoms with Gasteiger partial charge in [0, 0.05) is 12.1 Å². The maximum Gasteiger partial charge on any atom is 0.310 e. The predicted octanol–water partition coefficient (Wildman–Crippen LogP) is 2.02. The molecule has 0 radical (unpaired) electrons. The summed E-state index contributed by atoms with van der Waals surface area (Å²) in [5, 5.41) is 11.6. The molecule has 2 rings (SSSR count). The molecule has 0 aliphatic carbocycles. The molecule has 1 heterocycles. The largest absolute Gasteiger partial charge is 0.481 e. The summed E-state index contributed by atoms with van der Waals surface area (Å²) in [6.45, 7) is 3.24. The maximum absolute atomic E-state index is 12.0. The quantitative estimate of drug-likeness (QED) is 0.873. The molecular formula is C13H14BrNO5. The molecule has 1 aliphatic heterocycles. The number of rotatable bonds is 4. The molecular weight excluding hydrogens is 330 g/mol. The van der Waals surface area contributed by atoms with E-state index in [0.717, 1.165) is 0 Å². The average Bonchev–Trinajstić information content (AvgIpc) is 2.84. The van der Waals surface area contributed by atoms with Crippen LogP contribution >= 0.6 is 15.9 Å². The molecule has 0 aromatic heterocycles. The van der Waals surface area contributed by atoms with Crippen molar-refractivity contribution in [1.82, 2.24) is 5.32 Å². The zero-order valence-corrected chi connectivity index (χ0v) is 12.6. The fourth-order valence-corrected chi connectivity index (χ4v) is 2.13. The van der Waals surface area contributed by atoms with E-state index in [1.165, 1.54) is 0 Å².